The van der Waals surface area contributed by atoms with E-state index in [9.17, 15) is 0 Å². The number of hydrogen-bond acceptors (Lipinski definition) is 0. The molecule has 0 radical (unpaired) electrons. The molecule has 8 heteroatoms. The van der Waals surface area contributed by atoms with Gasteiger partial charge in [-0.25, -0.2) is 0 Å². The van der Waals surface area contributed by atoms with Gasteiger partial charge in [0.1, 0.15) is 74.1 Å². The second kappa shape index (κ2) is 44.3. The van der Waals surface area contributed by atoms with Gasteiger partial charge in [-0.1, -0.05) is 346 Å². The van der Waals surface area contributed by atoms with Crippen LogP contribution in [0.25, 0.3) is 44.5 Å². The second-order valence-corrected chi connectivity index (χ2v) is 49.5. The molecule has 0 nitrogen and oxygen atoms in total. The third-order valence-electron chi connectivity index (χ3n) is 25.9. The van der Waals surface area contributed by atoms with Gasteiger partial charge >= 0.3 is 89.5 Å². The fourth-order valence-corrected chi connectivity index (χ4v) is 36.7. The fraction of sp³-hybridized carbons (Fsp3) is 0.148. The predicted molar refractivity (Wildman–Crippen MR) is 551 cm³/mol. The number of benzene rings is 16. The first-order valence-electron chi connectivity index (χ1n) is 43.6. The van der Waals surface area contributed by atoms with Gasteiger partial charge in [0.2, 0.25) is 0 Å². The van der Waals surface area contributed by atoms with Gasteiger partial charge in [0.05, 0.1) is 0 Å². The summed E-state index contributed by atoms with van der Waals surface area (Å²) < 4.78 is 0. The average Bonchev–Trinajstić information content (AvgIpc) is 1.59. The third-order valence-corrected chi connectivity index (χ3v) is 41.2. The smallest absolute Gasteiger partial charge is 0.366 e. The van der Waals surface area contributed by atoms with E-state index in [1.54, 1.807) is 0 Å². The van der Waals surface area contributed by atoms with Gasteiger partial charge in [0.15, 0.2) is 9.79 Å². The van der Waals surface area contributed by atoms with Gasteiger partial charge in [-0.05, 0) is 175 Å². The molecule has 0 bridgehead atoms. The summed E-state index contributed by atoms with van der Waals surface area (Å²) in [7, 11) is -4.09. The van der Waals surface area contributed by atoms with Crippen LogP contribution < -0.4 is 42.4 Å². The molecule has 0 fully saturated rings. The molecule has 0 heterocycles. The normalized spacial score (nSPS) is 13.0. The molecule has 0 aliphatic heterocycles. The Morgan fingerprint density at radius 3 is 0.685 bits per heavy atom. The molecule has 0 atom stereocenters. The molecule has 0 unspecified atom stereocenters. The number of fused-ring (bicyclic) bond motifs is 12. The van der Waals surface area contributed by atoms with Crippen LogP contribution in [0.2, 0.25) is 0 Å². The van der Waals surface area contributed by atoms with Crippen LogP contribution in [0.4, 0.5) is 0 Å². The average molecular weight is 2490 g/mol. The largest absolute Gasteiger partial charge is 1.00 e. The van der Waals surface area contributed by atoms with Crippen molar-refractivity contribution in [1.29, 1.82) is 0 Å². The molecule has 0 spiro atoms. The minimum absolute atomic E-state index is 0. The molecule has 20 rings (SSSR count). The molecule has 4 aliphatic rings. The first-order valence-corrected chi connectivity index (χ1v) is 49.6. The van der Waals surface area contributed by atoms with Gasteiger partial charge in [0.25, 0.3) is 0 Å². The van der Waals surface area contributed by atoms with Crippen LogP contribution in [0.1, 0.15) is 150 Å². The van der Waals surface area contributed by atoms with Crippen LogP contribution in [0.15, 0.2) is 413 Å². The summed E-state index contributed by atoms with van der Waals surface area (Å²) >= 11 is 0. The van der Waals surface area contributed by atoms with Gasteiger partial charge in [-0.3, -0.25) is 23.7 Å². The number of rotatable bonds is 12. The Morgan fingerprint density at radius 1 is 0.192 bits per heavy atom. The van der Waals surface area contributed by atoms with Crippen molar-refractivity contribution < 1.29 is 89.5 Å². The van der Waals surface area contributed by atoms with Crippen LogP contribution in [-0.4, -0.2) is 9.79 Å². The zero-order chi connectivity index (χ0) is 88.4. The maximum atomic E-state index is 7.43. The quantitative estimate of drug-likeness (QED) is 0.0495. The zero-order valence-corrected chi connectivity index (χ0v) is 88.1. The first kappa shape index (κ1) is 101. The minimum Gasteiger partial charge on any atom is -0.366 e. The van der Waals surface area contributed by atoms with Crippen LogP contribution in [-0.2, 0) is 111 Å². The van der Waals surface area contributed by atoms with Crippen molar-refractivity contribution in [2.75, 3.05) is 0 Å². The van der Waals surface area contributed by atoms with E-state index in [4.69, 9.17) is 25.7 Å². The Hall–Kier alpha value is -9.56. The first-order chi connectivity index (χ1) is 61.0. The van der Waals surface area contributed by atoms with Gasteiger partial charge in [0, 0.05) is 49.4 Å². The zero-order valence-electron chi connectivity index (χ0n) is 75.5. The summed E-state index contributed by atoms with van der Waals surface area (Å²) in [4.78, 5) is 0.307. The van der Waals surface area contributed by atoms with Crippen molar-refractivity contribution in [3.05, 3.63) is 505 Å². The van der Waals surface area contributed by atoms with Crippen molar-refractivity contribution in [3.8, 4) is 68.2 Å². The number of hydrogen-bond donors (Lipinski definition) is 0. The van der Waals surface area contributed by atoms with Crippen molar-refractivity contribution in [2.24, 2.45) is 0 Å². The van der Waals surface area contributed by atoms with Crippen LogP contribution in [0.3, 0.4) is 0 Å². The van der Waals surface area contributed by atoms with Crippen LogP contribution >= 0.6 is 31.7 Å². The molecule has 0 amide bonds. The molecular weight excluding hydrogens is 2380 g/mol. The molecule has 16 aromatic carbocycles. The topological polar surface area (TPSA) is 0 Å². The van der Waals surface area contributed by atoms with Gasteiger partial charge in [-0.15, -0.1) is 58.7 Å². The predicted octanol–water partition coefficient (Wildman–Crippen LogP) is 26.6. The maximum absolute atomic E-state index is 7.43. The van der Waals surface area contributed by atoms with E-state index < -0.39 is 31.7 Å². The van der Waals surface area contributed by atoms with Crippen molar-refractivity contribution >= 4 is 74.1 Å². The fourth-order valence-electron chi connectivity index (χ4n) is 19.9. The Morgan fingerprint density at radius 2 is 0.400 bits per heavy atom. The van der Waals surface area contributed by atoms with E-state index in [1.165, 1.54) is 131 Å². The second-order valence-electron chi connectivity index (χ2n) is 35.8. The Bertz CT molecular complexity index is 6070. The van der Waals surface area contributed by atoms with E-state index in [0.29, 0.717) is 0 Å². The van der Waals surface area contributed by atoms with E-state index >= 15 is 0 Å². The maximum Gasteiger partial charge on any atom is 1.00 e. The Labute approximate surface area is 842 Å². The van der Waals surface area contributed by atoms with E-state index in [-0.39, 0.29) is 121 Å². The Balaban J connectivity index is 0.000000152. The summed E-state index contributed by atoms with van der Waals surface area (Å²) in [6.07, 6.45) is 29.4. The van der Waals surface area contributed by atoms with E-state index in [1.807, 2.05) is 36.4 Å². The molecule has 656 valence electrons. The molecule has 0 aromatic heterocycles. The summed E-state index contributed by atoms with van der Waals surface area (Å²) in [5.74, 6) is 10.0. The summed E-state index contributed by atoms with van der Waals surface area (Å²) in [6.45, 7) is 28.0. The van der Waals surface area contributed by atoms with Crippen LogP contribution in [0, 0.1) is 49.4 Å². The molecule has 130 heavy (non-hydrogen) atoms. The molecule has 4 aliphatic carbocycles. The SMILES string of the molecule is CC(C)([PH+](c1ccccc1)c1ccccc1)[PH+](c1ccccc1)c1ccccc1.CC(C)([PH+](c1ccccc1)c1ccccc1)[PH+](c1ccccc1)c1ccccc1.[Au+].[Au+].[Au+].[Au+].[C-]#Cc1ccc2c(c1)-c1ccccc1C2(C)C.[C-]#Cc1ccc2c(c1)C(C)(C)c1ccccc1-2.[C-]#Cc1cccc2c1-c1ccccc1C2(C)C.[C-]#Cc1cccc2c1-c1ccccc1C2(C)C. The van der Waals surface area contributed by atoms with E-state index in [0.717, 1.165) is 22.3 Å². The summed E-state index contributed by atoms with van der Waals surface area (Å²) in [5.41, 5.74) is 24.3. The third kappa shape index (κ3) is 20.8. The summed E-state index contributed by atoms with van der Waals surface area (Å²) in [5, 5.41) is 11.9. The summed E-state index contributed by atoms with van der Waals surface area (Å²) in [6, 6.07) is 148. The minimum atomic E-state index is -1.02. The standard InChI is InChI=1S/2C27H26P2.4C17H13.4Au/c2*1-27(2,28(23-15-7-3-8-16-23)24-17-9-4-10-18-24)29(25-19-11-5-12-20-25)26-21-13-6-14-22-26;2*1-4-12-8-7-11-15-16(12)13-9-5-6-10-14(13)17(15,2)3;1-4-12-9-10-16-14(11-12)13-7-5-6-8-15(13)17(16,2)3;1-4-12-9-10-14-13-7-5-6-8-15(13)17(2,3)16(14)11-12;;;;/h2*3-22H,1-2H3;4*5-11H,2-3H3;;;;/q;;4*-1;4*+1/p+4. The van der Waals surface area contributed by atoms with Gasteiger partial charge in [-0.2, -0.15) is 0 Å². The van der Waals surface area contributed by atoms with E-state index in [2.05, 4.69) is 483 Å². The van der Waals surface area contributed by atoms with Crippen molar-refractivity contribution in [2.45, 2.75) is 115 Å². The van der Waals surface area contributed by atoms with Crippen LogP contribution in [0.5, 0.6) is 0 Å². The molecule has 0 saturated heterocycles. The van der Waals surface area contributed by atoms with Crippen molar-refractivity contribution in [3.63, 3.8) is 0 Å². The van der Waals surface area contributed by atoms with Crippen molar-refractivity contribution in [1.82, 2.24) is 0 Å². The molecule has 0 N–H and O–H groups in total. The molecule has 0 saturated carbocycles. The molecule has 16 aromatic rings. The van der Waals surface area contributed by atoms with Gasteiger partial charge < -0.3 is 25.7 Å². The Kier molecular flexibility index (Phi) is 34.4. The monoisotopic (exact) mass is 2480 g/mol. The molecular formula is C122H108Au4P4+4.